The van der Waals surface area contributed by atoms with Crippen molar-refractivity contribution in [1.29, 1.82) is 0 Å². The van der Waals surface area contributed by atoms with Gasteiger partial charge >= 0.3 is 0 Å². The molecule has 0 unspecified atom stereocenters. The van der Waals surface area contributed by atoms with E-state index in [0.29, 0.717) is 5.75 Å². The number of thioether (sulfide) groups is 2. The maximum Gasteiger partial charge on any atom is 0.235 e. The van der Waals surface area contributed by atoms with E-state index < -0.39 is 0 Å². The first-order valence-electron chi connectivity index (χ1n) is 5.84. The molecule has 0 radical (unpaired) electrons. The minimum Gasteiger partial charge on any atom is -0.305 e. The zero-order valence-electron chi connectivity index (χ0n) is 10.3. The average molecular weight is 280 g/mol. The number of hydrogen-bond acceptors (Lipinski definition) is 4. The molecule has 0 saturated heterocycles. The van der Waals surface area contributed by atoms with E-state index in [1.54, 1.807) is 23.5 Å². The number of amides is 1. The molecule has 2 rings (SSSR count). The molecule has 1 N–H and O–H groups in total. The Kier molecular flexibility index (Phi) is 5.13. The summed E-state index contributed by atoms with van der Waals surface area (Å²) in [4.78, 5) is 15.8. The Morgan fingerprint density at radius 1 is 1.56 bits per heavy atom. The van der Waals surface area contributed by atoms with Crippen molar-refractivity contribution in [2.24, 2.45) is 4.99 Å². The molecule has 0 aliphatic carbocycles. The molecular weight excluding hydrogens is 264 g/mol. The fourth-order valence-corrected chi connectivity index (χ4v) is 3.15. The minimum atomic E-state index is 0.0424. The molecular formula is C13H16N2OS2. The molecule has 1 aliphatic heterocycles. The molecule has 0 bridgehead atoms. The van der Waals surface area contributed by atoms with Gasteiger partial charge in [0.1, 0.15) is 0 Å². The summed E-state index contributed by atoms with van der Waals surface area (Å²) in [5.41, 5.74) is 2.52. The fraction of sp³-hybridized carbons (Fsp3) is 0.385. The number of hydrogen-bond donors (Lipinski definition) is 1. The smallest absolute Gasteiger partial charge is 0.235 e. The molecule has 3 nitrogen and oxygen atoms in total. The first-order chi connectivity index (χ1) is 8.74. The molecule has 1 amide bonds. The van der Waals surface area contributed by atoms with E-state index in [-0.39, 0.29) is 5.91 Å². The van der Waals surface area contributed by atoms with Crippen molar-refractivity contribution in [1.82, 2.24) is 5.32 Å². The maximum atomic E-state index is 11.6. The summed E-state index contributed by atoms with van der Waals surface area (Å²) in [5, 5.41) is 3.60. The highest BCUT2D eigenvalue weighted by molar-refractivity contribution is 8.14. The van der Waals surface area contributed by atoms with Crippen molar-refractivity contribution in [2.45, 2.75) is 12.7 Å². The van der Waals surface area contributed by atoms with E-state index in [9.17, 15) is 4.79 Å². The average Bonchev–Trinajstić information content (AvgIpc) is 2.82. The summed E-state index contributed by atoms with van der Waals surface area (Å²) in [5.74, 6) is 2.37. The summed E-state index contributed by atoms with van der Waals surface area (Å²) < 4.78 is 0. The van der Waals surface area contributed by atoms with Gasteiger partial charge in [-0.2, -0.15) is 0 Å². The largest absolute Gasteiger partial charge is 0.305 e. The zero-order valence-corrected chi connectivity index (χ0v) is 11.9. The van der Waals surface area contributed by atoms with Crippen molar-refractivity contribution in [3.05, 3.63) is 35.4 Å². The lowest BCUT2D eigenvalue weighted by molar-refractivity contribution is -0.117. The van der Waals surface area contributed by atoms with E-state index in [2.05, 4.69) is 41.5 Å². The highest BCUT2D eigenvalue weighted by Crippen LogP contribution is 2.14. The van der Waals surface area contributed by atoms with Gasteiger partial charge < -0.3 is 5.32 Å². The Morgan fingerprint density at radius 2 is 2.44 bits per heavy atom. The number of nitrogens with one attached hydrogen (secondary N) is 1. The minimum absolute atomic E-state index is 0.0424. The Balaban J connectivity index is 1.70. The van der Waals surface area contributed by atoms with E-state index in [1.165, 1.54) is 11.1 Å². The van der Waals surface area contributed by atoms with Crippen molar-refractivity contribution in [3.63, 3.8) is 0 Å². The van der Waals surface area contributed by atoms with Gasteiger partial charge in [-0.15, -0.1) is 11.8 Å². The predicted octanol–water partition coefficient (Wildman–Crippen LogP) is 2.45. The molecule has 1 heterocycles. The second kappa shape index (κ2) is 6.85. The third kappa shape index (κ3) is 4.38. The molecule has 1 aliphatic rings. The van der Waals surface area contributed by atoms with Gasteiger partial charge in [0.05, 0.1) is 12.3 Å². The van der Waals surface area contributed by atoms with Gasteiger partial charge in [0, 0.05) is 11.5 Å². The first-order valence-corrected chi connectivity index (χ1v) is 7.98. The quantitative estimate of drug-likeness (QED) is 0.921. The molecule has 96 valence electrons. The Morgan fingerprint density at radius 3 is 3.17 bits per heavy atom. The molecule has 1 aromatic carbocycles. The van der Waals surface area contributed by atoms with Crippen LogP contribution in [0, 0.1) is 6.92 Å². The lowest BCUT2D eigenvalue weighted by Gasteiger charge is -2.04. The zero-order chi connectivity index (χ0) is 12.8. The topological polar surface area (TPSA) is 41.5 Å². The highest BCUT2D eigenvalue weighted by Gasteiger charge is 2.10. The number of amidine groups is 1. The van der Waals surface area contributed by atoms with Crippen LogP contribution in [0.4, 0.5) is 0 Å². The third-order valence-electron chi connectivity index (χ3n) is 2.42. The van der Waals surface area contributed by atoms with Crippen LogP contribution in [0.1, 0.15) is 11.1 Å². The Bertz CT molecular complexity index is 460. The summed E-state index contributed by atoms with van der Waals surface area (Å²) >= 11 is 3.24. The number of carbonyl (C=O) groups excluding carboxylic acids is 1. The lowest BCUT2D eigenvalue weighted by atomic mass is 10.2. The number of aliphatic imine (C=N–C) groups is 1. The van der Waals surface area contributed by atoms with Gasteiger partial charge in [-0.3, -0.25) is 9.79 Å². The molecule has 0 spiro atoms. The summed E-state index contributed by atoms with van der Waals surface area (Å²) in [7, 11) is 0. The predicted molar refractivity (Wildman–Crippen MR) is 80.2 cm³/mol. The Hall–Kier alpha value is -0.940. The lowest BCUT2D eigenvalue weighted by Crippen LogP contribution is -2.28. The van der Waals surface area contributed by atoms with Crippen molar-refractivity contribution in [3.8, 4) is 0 Å². The fourth-order valence-electron chi connectivity index (χ4n) is 1.63. The monoisotopic (exact) mass is 280 g/mol. The van der Waals surface area contributed by atoms with Crippen molar-refractivity contribution < 1.29 is 4.79 Å². The van der Waals surface area contributed by atoms with Crippen LogP contribution in [-0.4, -0.2) is 29.1 Å². The van der Waals surface area contributed by atoms with Gasteiger partial charge in [0.2, 0.25) is 5.91 Å². The van der Waals surface area contributed by atoms with Crippen LogP contribution in [0.15, 0.2) is 29.3 Å². The third-order valence-corrected chi connectivity index (χ3v) is 4.31. The normalized spacial score (nSPS) is 14.4. The van der Waals surface area contributed by atoms with Crippen LogP contribution in [-0.2, 0) is 10.5 Å². The van der Waals surface area contributed by atoms with Gasteiger partial charge in [0.25, 0.3) is 0 Å². The number of rotatable bonds is 4. The molecule has 5 heteroatoms. The Labute approximate surface area is 116 Å². The van der Waals surface area contributed by atoms with Crippen LogP contribution >= 0.6 is 23.5 Å². The number of benzene rings is 1. The summed E-state index contributed by atoms with van der Waals surface area (Å²) in [6.07, 6.45) is 0. The van der Waals surface area contributed by atoms with Gasteiger partial charge in [-0.1, -0.05) is 41.6 Å². The number of nitrogens with zero attached hydrogens (tertiary/aromatic N) is 1. The van der Waals surface area contributed by atoms with Gasteiger partial charge in [-0.25, -0.2) is 0 Å². The van der Waals surface area contributed by atoms with Gasteiger partial charge in [-0.05, 0) is 12.5 Å². The maximum absolute atomic E-state index is 11.6. The molecule has 0 aromatic heterocycles. The van der Waals surface area contributed by atoms with Crippen molar-refractivity contribution >= 4 is 34.6 Å². The first kappa shape index (κ1) is 13.5. The highest BCUT2D eigenvalue weighted by atomic mass is 32.2. The molecule has 0 fully saturated rings. The standard InChI is InChI=1S/C13H16N2OS2/c1-10-3-2-4-11(7-10)8-17-9-12(16)15-13-14-5-6-18-13/h2-4,7H,5-6,8-9H2,1H3,(H,14,15,16). The van der Waals surface area contributed by atoms with E-state index in [1.807, 2.05) is 0 Å². The van der Waals surface area contributed by atoms with E-state index in [4.69, 9.17) is 0 Å². The second-order valence-electron chi connectivity index (χ2n) is 4.07. The van der Waals surface area contributed by atoms with Crippen LogP contribution in [0.25, 0.3) is 0 Å². The van der Waals surface area contributed by atoms with Crippen LogP contribution in [0.2, 0.25) is 0 Å². The molecule has 0 atom stereocenters. The van der Waals surface area contributed by atoms with Crippen molar-refractivity contribution in [2.75, 3.05) is 18.1 Å². The van der Waals surface area contributed by atoms with Crippen LogP contribution in [0.5, 0.6) is 0 Å². The summed E-state index contributed by atoms with van der Waals surface area (Å²) in [6, 6.07) is 8.38. The summed E-state index contributed by atoms with van der Waals surface area (Å²) in [6.45, 7) is 2.90. The van der Waals surface area contributed by atoms with E-state index >= 15 is 0 Å². The second-order valence-corrected chi connectivity index (χ2v) is 6.13. The molecule has 0 saturated carbocycles. The van der Waals surface area contributed by atoms with Crippen LogP contribution in [0.3, 0.4) is 0 Å². The van der Waals surface area contributed by atoms with Crippen LogP contribution < -0.4 is 5.32 Å². The number of carbonyl (C=O) groups is 1. The molecule has 1 aromatic rings. The van der Waals surface area contributed by atoms with E-state index in [0.717, 1.165) is 23.2 Å². The number of aryl methyl sites for hydroxylation is 1. The van der Waals surface area contributed by atoms with Gasteiger partial charge in [0.15, 0.2) is 5.17 Å². The molecule has 18 heavy (non-hydrogen) atoms. The SMILES string of the molecule is Cc1cccc(CSCC(=O)NC2=NCCS2)c1.